The van der Waals surface area contributed by atoms with Gasteiger partial charge in [0.2, 0.25) is 0 Å². The summed E-state index contributed by atoms with van der Waals surface area (Å²) in [6, 6.07) is 87.1. The van der Waals surface area contributed by atoms with Crippen LogP contribution in [0.4, 0.5) is 28.4 Å². The van der Waals surface area contributed by atoms with Gasteiger partial charge in [0.1, 0.15) is 0 Å². The number of para-hydroxylation sites is 2. The lowest BCUT2D eigenvalue weighted by Gasteiger charge is -2.39. The van der Waals surface area contributed by atoms with Crippen molar-refractivity contribution in [3.05, 3.63) is 293 Å². The van der Waals surface area contributed by atoms with E-state index in [0.29, 0.717) is 17.8 Å². The summed E-state index contributed by atoms with van der Waals surface area (Å²) in [6.45, 7) is 0. The molecule has 3 atom stereocenters. The predicted octanol–water partition coefficient (Wildman–Crippen LogP) is 17.0. The fourth-order valence-corrected chi connectivity index (χ4v) is 11.3. The van der Waals surface area contributed by atoms with Crippen LogP contribution in [0.5, 0.6) is 0 Å². The van der Waals surface area contributed by atoms with E-state index in [9.17, 15) is 0 Å². The van der Waals surface area contributed by atoms with E-state index in [2.05, 4.69) is 259 Å². The molecule has 0 fully saturated rings. The predicted molar refractivity (Wildman–Crippen MR) is 280 cm³/mol. The van der Waals surface area contributed by atoms with Crippen LogP contribution >= 0.6 is 0 Å². The van der Waals surface area contributed by atoms with Crippen LogP contribution in [0.2, 0.25) is 0 Å². The SMILES string of the molecule is C1=C2CC(Cc3ccccc3)c3ccccc3C2CC(N(c2ccccc2)c2ccc(-c3ccc(N(c4ccccc4)c4ccc5c(c4)-c4ccccc4C5Cc4ccccc4)cc3)cc2)=C1. The molecule has 12 rings (SSSR count). The molecule has 2 heteroatoms. The van der Waals surface area contributed by atoms with E-state index < -0.39 is 0 Å². The Labute approximate surface area is 395 Å². The fourth-order valence-electron chi connectivity index (χ4n) is 11.3. The zero-order chi connectivity index (χ0) is 44.5. The molecule has 0 aromatic heterocycles. The molecule has 0 N–H and O–H groups in total. The van der Waals surface area contributed by atoms with Crippen molar-refractivity contribution in [3.63, 3.8) is 0 Å². The molecule has 322 valence electrons. The summed E-state index contributed by atoms with van der Waals surface area (Å²) < 4.78 is 0. The maximum absolute atomic E-state index is 2.47. The minimum atomic E-state index is 0.329. The molecule has 9 aromatic carbocycles. The summed E-state index contributed by atoms with van der Waals surface area (Å²) >= 11 is 0. The number of anilines is 5. The van der Waals surface area contributed by atoms with Gasteiger partial charge in [0.15, 0.2) is 0 Å². The van der Waals surface area contributed by atoms with Crippen molar-refractivity contribution < 1.29 is 0 Å². The lowest BCUT2D eigenvalue weighted by Crippen LogP contribution is -2.25. The lowest BCUT2D eigenvalue weighted by molar-refractivity contribution is 0.571. The monoisotopic (exact) mass is 860 g/mol. The first kappa shape index (κ1) is 40.6. The van der Waals surface area contributed by atoms with E-state index in [1.807, 2.05) is 0 Å². The van der Waals surface area contributed by atoms with E-state index in [4.69, 9.17) is 0 Å². The smallest absolute Gasteiger partial charge is 0.0467 e. The third-order valence-corrected chi connectivity index (χ3v) is 14.4. The number of benzene rings is 9. The Morgan fingerprint density at radius 1 is 0.343 bits per heavy atom. The molecule has 3 aliphatic rings. The number of hydrogen-bond acceptors (Lipinski definition) is 2. The lowest BCUT2D eigenvalue weighted by atomic mass is 9.69. The third-order valence-electron chi connectivity index (χ3n) is 14.4. The molecule has 0 amide bonds. The molecule has 0 bridgehead atoms. The van der Waals surface area contributed by atoms with Crippen LogP contribution in [0.25, 0.3) is 22.3 Å². The van der Waals surface area contributed by atoms with Gasteiger partial charge in [0, 0.05) is 46.0 Å². The topological polar surface area (TPSA) is 6.48 Å². The molecule has 0 heterocycles. The fraction of sp³-hybridized carbons (Fsp3) is 0.108. The molecular formula is C65H52N2. The van der Waals surface area contributed by atoms with Gasteiger partial charge >= 0.3 is 0 Å². The van der Waals surface area contributed by atoms with Gasteiger partial charge in [-0.1, -0.05) is 188 Å². The van der Waals surface area contributed by atoms with Crippen LogP contribution in [0, 0.1) is 0 Å². The van der Waals surface area contributed by atoms with E-state index in [-0.39, 0.29) is 0 Å². The quantitative estimate of drug-likeness (QED) is 0.128. The number of allylic oxidation sites excluding steroid dienone is 4. The van der Waals surface area contributed by atoms with E-state index >= 15 is 0 Å². The minimum Gasteiger partial charge on any atom is -0.314 e. The van der Waals surface area contributed by atoms with Crippen LogP contribution in [0.1, 0.15) is 64.0 Å². The number of fused-ring (bicyclic) bond motifs is 6. The first-order valence-electron chi connectivity index (χ1n) is 23.9. The molecule has 67 heavy (non-hydrogen) atoms. The van der Waals surface area contributed by atoms with Gasteiger partial charge < -0.3 is 9.80 Å². The largest absolute Gasteiger partial charge is 0.314 e. The van der Waals surface area contributed by atoms with Crippen molar-refractivity contribution in [2.45, 2.75) is 43.4 Å². The first-order chi connectivity index (χ1) is 33.2. The summed E-state index contributed by atoms with van der Waals surface area (Å²) in [5, 5.41) is 0. The third kappa shape index (κ3) is 7.89. The molecule has 0 spiro atoms. The molecule has 0 radical (unpaired) electrons. The summed E-state index contributed by atoms with van der Waals surface area (Å²) in [6.07, 6.45) is 8.94. The molecule has 0 aliphatic heterocycles. The normalized spacial score (nSPS) is 16.7. The highest BCUT2D eigenvalue weighted by Crippen LogP contribution is 2.51. The Morgan fingerprint density at radius 3 is 1.46 bits per heavy atom. The van der Waals surface area contributed by atoms with Gasteiger partial charge in [-0.15, -0.1) is 0 Å². The maximum atomic E-state index is 2.47. The molecule has 9 aromatic rings. The second-order valence-corrected chi connectivity index (χ2v) is 18.4. The highest BCUT2D eigenvalue weighted by molar-refractivity contribution is 5.86. The van der Waals surface area contributed by atoms with Crippen LogP contribution < -0.4 is 9.80 Å². The van der Waals surface area contributed by atoms with Crippen LogP contribution in [0.15, 0.2) is 260 Å². The summed E-state index contributed by atoms with van der Waals surface area (Å²) in [5.74, 6) is 1.18. The average molecular weight is 861 g/mol. The van der Waals surface area contributed by atoms with Gasteiger partial charge in [-0.05, 0) is 154 Å². The zero-order valence-corrected chi connectivity index (χ0v) is 37.6. The maximum Gasteiger partial charge on any atom is 0.0467 e. The number of rotatable bonds is 11. The highest BCUT2D eigenvalue weighted by atomic mass is 15.2. The Morgan fingerprint density at radius 2 is 0.821 bits per heavy atom. The van der Waals surface area contributed by atoms with E-state index in [0.717, 1.165) is 42.7 Å². The Kier molecular flexibility index (Phi) is 10.8. The molecule has 0 saturated carbocycles. The van der Waals surface area contributed by atoms with Gasteiger partial charge in [-0.3, -0.25) is 0 Å². The average Bonchev–Trinajstić information content (AvgIpc) is 3.70. The van der Waals surface area contributed by atoms with Crippen molar-refractivity contribution in [2.75, 3.05) is 9.80 Å². The van der Waals surface area contributed by atoms with Gasteiger partial charge in [-0.25, -0.2) is 0 Å². The van der Waals surface area contributed by atoms with Crippen molar-refractivity contribution in [2.24, 2.45) is 0 Å². The van der Waals surface area contributed by atoms with Crippen molar-refractivity contribution in [1.29, 1.82) is 0 Å². The molecule has 3 aliphatic carbocycles. The van der Waals surface area contributed by atoms with Crippen LogP contribution in [0.3, 0.4) is 0 Å². The van der Waals surface area contributed by atoms with Crippen molar-refractivity contribution in [1.82, 2.24) is 0 Å². The van der Waals surface area contributed by atoms with Crippen molar-refractivity contribution >= 4 is 28.4 Å². The van der Waals surface area contributed by atoms with Crippen molar-refractivity contribution in [3.8, 4) is 22.3 Å². The summed E-state index contributed by atoms with van der Waals surface area (Å²) in [7, 11) is 0. The Bertz CT molecular complexity index is 3230. The van der Waals surface area contributed by atoms with Gasteiger partial charge in [0.25, 0.3) is 0 Å². The second-order valence-electron chi connectivity index (χ2n) is 18.4. The summed E-state index contributed by atoms with van der Waals surface area (Å²) in [5.41, 5.74) is 22.3. The molecular weight excluding hydrogens is 809 g/mol. The van der Waals surface area contributed by atoms with Crippen LogP contribution in [-0.2, 0) is 12.8 Å². The summed E-state index contributed by atoms with van der Waals surface area (Å²) in [4.78, 5) is 4.86. The highest BCUT2D eigenvalue weighted by Gasteiger charge is 2.34. The van der Waals surface area contributed by atoms with E-state index in [1.54, 1.807) is 5.57 Å². The molecule has 2 nitrogen and oxygen atoms in total. The van der Waals surface area contributed by atoms with Gasteiger partial charge in [0.05, 0.1) is 0 Å². The second kappa shape index (κ2) is 17.8. The standard InChI is InChI=1S/C65H52N2/c1-5-17-46(18-6-1)41-51-43-50-33-38-56(44-63(50)59-26-14-13-25-58(51)59)66(52-21-9-3-10-22-52)54-34-29-48(30-35-54)49-31-36-55(37-32-49)67(53-23-11-4-12-24-53)57-39-40-62-64(42-47-19-7-2-8-20-47)60-27-15-16-28-61(60)65(62)45-57/h1-40,45,51,63-64H,41-44H2. The van der Waals surface area contributed by atoms with E-state index in [1.165, 1.54) is 72.7 Å². The number of nitrogens with zero attached hydrogens (tertiary/aromatic N) is 2. The molecule has 0 saturated heterocycles. The first-order valence-corrected chi connectivity index (χ1v) is 23.9. The Hall–Kier alpha value is -7.94. The zero-order valence-electron chi connectivity index (χ0n) is 37.6. The van der Waals surface area contributed by atoms with Gasteiger partial charge in [-0.2, -0.15) is 0 Å². The molecule has 3 unspecified atom stereocenters. The number of hydrogen-bond donors (Lipinski definition) is 0. The van der Waals surface area contributed by atoms with Crippen LogP contribution in [-0.4, -0.2) is 0 Å². The Balaban J connectivity index is 0.838. The minimum absolute atomic E-state index is 0.329.